The maximum absolute atomic E-state index is 5.85. The largest absolute Gasteiger partial charge is 0.326 e. The molecule has 0 aliphatic rings. The summed E-state index contributed by atoms with van der Waals surface area (Å²) in [4.78, 5) is 0. The van der Waals surface area contributed by atoms with E-state index in [-0.39, 0.29) is 0 Å². The van der Waals surface area contributed by atoms with Crippen LogP contribution in [0.4, 0.5) is 0 Å². The average Bonchev–Trinajstić information content (AvgIpc) is 1.98. The van der Waals surface area contributed by atoms with Gasteiger partial charge in [0.15, 0.2) is 0 Å². The van der Waals surface area contributed by atoms with Gasteiger partial charge in [-0.1, -0.05) is 19.8 Å². The van der Waals surface area contributed by atoms with Crippen molar-refractivity contribution in [1.82, 2.24) is 5.32 Å². The Bertz CT molecular complexity index is 73.7. The third kappa shape index (κ3) is 3.85. The Labute approximate surface area is 64.2 Å². The summed E-state index contributed by atoms with van der Waals surface area (Å²) in [6.07, 6.45) is 3.62. The molecule has 2 atom stereocenters. The van der Waals surface area contributed by atoms with Gasteiger partial charge >= 0.3 is 0 Å². The number of hydrogen-bond acceptors (Lipinski definition) is 2. The molecule has 0 aromatic rings. The van der Waals surface area contributed by atoms with Gasteiger partial charge in [0, 0.05) is 12.1 Å². The van der Waals surface area contributed by atoms with Gasteiger partial charge in [-0.3, -0.25) is 0 Å². The molecule has 0 aromatic heterocycles. The van der Waals surface area contributed by atoms with Crippen LogP contribution in [0.3, 0.4) is 0 Å². The third-order valence-corrected chi connectivity index (χ3v) is 1.99. The minimum absolute atomic E-state index is 0.324. The monoisotopic (exact) mass is 144 g/mol. The van der Waals surface area contributed by atoms with E-state index in [1.807, 2.05) is 7.05 Å². The Kier molecular flexibility index (Phi) is 5.64. The fourth-order valence-corrected chi connectivity index (χ4v) is 0.904. The first-order chi connectivity index (χ1) is 4.72. The van der Waals surface area contributed by atoms with Crippen molar-refractivity contribution in [3.05, 3.63) is 0 Å². The van der Waals surface area contributed by atoms with Crippen molar-refractivity contribution in [2.45, 2.75) is 45.2 Å². The minimum atomic E-state index is 0.324. The molecule has 0 aliphatic heterocycles. The molecule has 0 saturated heterocycles. The molecule has 0 spiro atoms. The molecule has 62 valence electrons. The molecular formula is C8H20N2. The van der Waals surface area contributed by atoms with Crippen LogP contribution in [0.2, 0.25) is 0 Å². The Balaban J connectivity index is 3.31. The van der Waals surface area contributed by atoms with E-state index in [2.05, 4.69) is 19.2 Å². The second-order valence-electron chi connectivity index (χ2n) is 2.88. The van der Waals surface area contributed by atoms with Crippen molar-refractivity contribution < 1.29 is 0 Å². The van der Waals surface area contributed by atoms with Crippen molar-refractivity contribution >= 4 is 0 Å². The quantitative estimate of drug-likeness (QED) is 0.606. The first-order valence-electron chi connectivity index (χ1n) is 4.15. The van der Waals surface area contributed by atoms with Crippen molar-refractivity contribution in [3.8, 4) is 0 Å². The minimum Gasteiger partial charge on any atom is -0.326 e. The summed E-state index contributed by atoms with van der Waals surface area (Å²) in [5, 5.41) is 3.15. The molecule has 0 fully saturated rings. The van der Waals surface area contributed by atoms with Crippen LogP contribution in [0.5, 0.6) is 0 Å². The lowest BCUT2D eigenvalue weighted by atomic mass is 10.0. The highest BCUT2D eigenvalue weighted by Crippen LogP contribution is 2.01. The van der Waals surface area contributed by atoms with Gasteiger partial charge in [-0.2, -0.15) is 0 Å². The van der Waals surface area contributed by atoms with Gasteiger partial charge in [0.05, 0.1) is 0 Å². The Hall–Kier alpha value is -0.0800. The van der Waals surface area contributed by atoms with Crippen LogP contribution in [-0.4, -0.2) is 19.1 Å². The van der Waals surface area contributed by atoms with Crippen molar-refractivity contribution in [3.63, 3.8) is 0 Å². The zero-order chi connectivity index (χ0) is 7.98. The highest BCUT2D eigenvalue weighted by atomic mass is 14.9. The smallest absolute Gasteiger partial charge is 0.0191 e. The Morgan fingerprint density at radius 1 is 1.50 bits per heavy atom. The standard InChI is InChI=1S/C8H20N2/c1-4-5-6-8(9)7(2)10-3/h7-8,10H,4-6,9H2,1-3H3/t7-,8-/m1/s1. The zero-order valence-corrected chi connectivity index (χ0v) is 7.35. The van der Waals surface area contributed by atoms with Crippen LogP contribution in [-0.2, 0) is 0 Å². The lowest BCUT2D eigenvalue weighted by Crippen LogP contribution is -2.40. The molecular weight excluding hydrogens is 124 g/mol. The second kappa shape index (κ2) is 5.69. The molecule has 0 bridgehead atoms. The summed E-state index contributed by atoms with van der Waals surface area (Å²) in [5.41, 5.74) is 5.85. The highest BCUT2D eigenvalue weighted by molar-refractivity contribution is 4.72. The molecule has 0 radical (unpaired) electrons. The van der Waals surface area contributed by atoms with E-state index in [0.717, 1.165) is 6.42 Å². The highest BCUT2D eigenvalue weighted by Gasteiger charge is 2.08. The maximum Gasteiger partial charge on any atom is 0.0191 e. The summed E-state index contributed by atoms with van der Waals surface area (Å²) in [6, 6.07) is 0.775. The molecule has 2 heteroatoms. The van der Waals surface area contributed by atoms with Gasteiger partial charge in [0.2, 0.25) is 0 Å². The van der Waals surface area contributed by atoms with E-state index in [1.54, 1.807) is 0 Å². The number of rotatable bonds is 5. The summed E-state index contributed by atoms with van der Waals surface area (Å²) in [6.45, 7) is 4.32. The summed E-state index contributed by atoms with van der Waals surface area (Å²) in [7, 11) is 1.95. The summed E-state index contributed by atoms with van der Waals surface area (Å²) in [5.74, 6) is 0. The number of likely N-dealkylation sites (N-methyl/N-ethyl adjacent to an activating group) is 1. The SMILES string of the molecule is CCCC[C@@H](N)[C@@H](C)NC. The lowest BCUT2D eigenvalue weighted by molar-refractivity contribution is 0.452. The fraction of sp³-hybridized carbons (Fsp3) is 1.00. The number of unbranched alkanes of at least 4 members (excludes halogenated alkanes) is 1. The van der Waals surface area contributed by atoms with E-state index in [1.165, 1.54) is 12.8 Å². The maximum atomic E-state index is 5.85. The molecule has 0 rings (SSSR count). The molecule has 3 N–H and O–H groups in total. The predicted molar refractivity (Wildman–Crippen MR) is 46.0 cm³/mol. The molecule has 0 saturated carbocycles. The normalized spacial score (nSPS) is 16.8. The average molecular weight is 144 g/mol. The van der Waals surface area contributed by atoms with Crippen molar-refractivity contribution in [2.75, 3.05) is 7.05 Å². The van der Waals surface area contributed by atoms with E-state index >= 15 is 0 Å². The fourth-order valence-electron chi connectivity index (χ4n) is 0.904. The van der Waals surface area contributed by atoms with Gasteiger partial charge < -0.3 is 11.1 Å². The topological polar surface area (TPSA) is 38.0 Å². The van der Waals surface area contributed by atoms with Gasteiger partial charge in [-0.15, -0.1) is 0 Å². The van der Waals surface area contributed by atoms with E-state index in [0.29, 0.717) is 12.1 Å². The molecule has 2 nitrogen and oxygen atoms in total. The molecule has 0 heterocycles. The summed E-state index contributed by atoms with van der Waals surface area (Å²) >= 11 is 0. The predicted octanol–water partition coefficient (Wildman–Crippen LogP) is 1.11. The van der Waals surface area contributed by atoms with E-state index in [9.17, 15) is 0 Å². The number of nitrogens with two attached hydrogens (primary N) is 1. The molecule has 0 aromatic carbocycles. The van der Waals surface area contributed by atoms with E-state index in [4.69, 9.17) is 5.73 Å². The van der Waals surface area contributed by atoms with Crippen LogP contribution in [0, 0.1) is 0 Å². The van der Waals surface area contributed by atoms with Crippen molar-refractivity contribution in [2.24, 2.45) is 5.73 Å². The first-order valence-corrected chi connectivity index (χ1v) is 4.15. The molecule has 0 unspecified atom stereocenters. The lowest BCUT2D eigenvalue weighted by Gasteiger charge is -2.18. The van der Waals surface area contributed by atoms with Crippen LogP contribution < -0.4 is 11.1 Å². The van der Waals surface area contributed by atoms with Gasteiger partial charge in [-0.05, 0) is 20.4 Å². The van der Waals surface area contributed by atoms with Crippen LogP contribution in [0.25, 0.3) is 0 Å². The number of hydrogen-bond donors (Lipinski definition) is 2. The second-order valence-corrected chi connectivity index (χ2v) is 2.88. The first kappa shape index (κ1) is 9.92. The van der Waals surface area contributed by atoms with E-state index < -0.39 is 0 Å². The third-order valence-electron chi connectivity index (χ3n) is 1.99. The molecule has 0 aliphatic carbocycles. The Morgan fingerprint density at radius 3 is 2.50 bits per heavy atom. The van der Waals surface area contributed by atoms with Gasteiger partial charge in [-0.25, -0.2) is 0 Å². The Morgan fingerprint density at radius 2 is 2.10 bits per heavy atom. The van der Waals surface area contributed by atoms with Gasteiger partial charge in [0.1, 0.15) is 0 Å². The van der Waals surface area contributed by atoms with Crippen LogP contribution in [0.15, 0.2) is 0 Å². The number of nitrogens with one attached hydrogen (secondary N) is 1. The van der Waals surface area contributed by atoms with Crippen molar-refractivity contribution in [1.29, 1.82) is 0 Å². The van der Waals surface area contributed by atoms with Crippen LogP contribution >= 0.6 is 0 Å². The summed E-state index contributed by atoms with van der Waals surface area (Å²) < 4.78 is 0. The van der Waals surface area contributed by atoms with Crippen LogP contribution in [0.1, 0.15) is 33.1 Å². The molecule has 10 heavy (non-hydrogen) atoms. The zero-order valence-electron chi connectivity index (χ0n) is 7.35. The molecule has 0 amide bonds. The van der Waals surface area contributed by atoms with Gasteiger partial charge in [0.25, 0.3) is 0 Å².